The van der Waals surface area contributed by atoms with Crippen LogP contribution in [0.15, 0.2) is 88.0 Å². The van der Waals surface area contributed by atoms with Gasteiger partial charge in [-0.1, -0.05) is 62.4 Å². The highest BCUT2D eigenvalue weighted by molar-refractivity contribution is 5.82. The lowest BCUT2D eigenvalue weighted by atomic mass is 10.1. The lowest BCUT2D eigenvalue weighted by Gasteiger charge is -2.36. The van der Waals surface area contributed by atoms with Crippen LogP contribution in [0.1, 0.15) is 56.6 Å². The number of amides is 1. The van der Waals surface area contributed by atoms with Crippen LogP contribution in [0.3, 0.4) is 0 Å². The van der Waals surface area contributed by atoms with Crippen molar-refractivity contribution >= 4 is 34.9 Å². The Morgan fingerprint density at radius 2 is 1.32 bits per heavy atom. The van der Waals surface area contributed by atoms with Crippen molar-refractivity contribution in [1.29, 1.82) is 0 Å². The zero-order chi connectivity index (χ0) is 26.6. The van der Waals surface area contributed by atoms with Crippen LogP contribution in [0.2, 0.25) is 0 Å². The lowest BCUT2D eigenvalue weighted by molar-refractivity contribution is -0.131. The third-order valence-electron chi connectivity index (χ3n) is 6.91. The van der Waals surface area contributed by atoms with Gasteiger partial charge in [0.25, 0.3) is 0 Å². The van der Waals surface area contributed by atoms with Gasteiger partial charge in [0.05, 0.1) is 17.1 Å². The van der Waals surface area contributed by atoms with Crippen molar-refractivity contribution in [1.82, 2.24) is 4.90 Å². The Morgan fingerprint density at radius 1 is 0.737 bits per heavy atom. The summed E-state index contributed by atoms with van der Waals surface area (Å²) in [6.45, 7) is 7.59. The smallest absolute Gasteiger partial charge is 0.222 e. The Bertz CT molecular complexity index is 1190. The molecule has 4 rings (SSSR count). The average molecular weight is 510 g/mol. The maximum absolute atomic E-state index is 12.5. The molecule has 1 aliphatic heterocycles. The number of nitrogens with zero attached hydrogens (tertiary/aromatic N) is 5. The van der Waals surface area contributed by atoms with E-state index in [2.05, 4.69) is 58.2 Å². The second-order valence-corrected chi connectivity index (χ2v) is 9.93. The lowest BCUT2D eigenvalue weighted by Crippen LogP contribution is -2.48. The molecule has 0 saturated carbocycles. The molecule has 0 bridgehead atoms. The first-order valence-electron chi connectivity index (χ1n) is 13.9. The van der Waals surface area contributed by atoms with Crippen molar-refractivity contribution in [2.45, 2.75) is 52.4 Å². The molecule has 3 aromatic carbocycles. The van der Waals surface area contributed by atoms with Crippen LogP contribution in [0.25, 0.3) is 0 Å². The van der Waals surface area contributed by atoms with Crippen LogP contribution in [0.4, 0.5) is 22.7 Å². The number of aliphatic imine (C=N–C) groups is 1. The number of carbonyl (C=O) groups excluding carboxylic acids is 1. The molecule has 0 aliphatic carbocycles. The minimum absolute atomic E-state index is 0.309. The highest BCUT2D eigenvalue weighted by Crippen LogP contribution is 2.24. The fourth-order valence-corrected chi connectivity index (χ4v) is 4.50. The van der Waals surface area contributed by atoms with Gasteiger partial charge in [0, 0.05) is 44.5 Å². The molecule has 0 unspecified atom stereocenters. The molecule has 38 heavy (non-hydrogen) atoms. The van der Waals surface area contributed by atoms with E-state index in [-0.39, 0.29) is 0 Å². The largest absolute Gasteiger partial charge is 0.368 e. The molecule has 0 spiro atoms. The second kappa shape index (κ2) is 14.2. The van der Waals surface area contributed by atoms with Gasteiger partial charge in [0.1, 0.15) is 0 Å². The predicted octanol–water partition coefficient (Wildman–Crippen LogP) is 8.17. The van der Waals surface area contributed by atoms with E-state index in [1.807, 2.05) is 59.6 Å². The minimum atomic E-state index is 0.309. The summed E-state index contributed by atoms with van der Waals surface area (Å²) in [5.74, 6) is 0.309. The molecular formula is C32H39N5O. The summed E-state index contributed by atoms with van der Waals surface area (Å²) in [5.41, 5.74) is 5.95. The average Bonchev–Trinajstić information content (AvgIpc) is 2.96. The minimum Gasteiger partial charge on any atom is -0.368 e. The highest BCUT2D eigenvalue weighted by Gasteiger charge is 2.20. The quantitative estimate of drug-likeness (QED) is 0.149. The van der Waals surface area contributed by atoms with E-state index in [0.29, 0.717) is 12.3 Å². The number of anilines is 1. The van der Waals surface area contributed by atoms with E-state index < -0.39 is 0 Å². The van der Waals surface area contributed by atoms with Crippen molar-refractivity contribution in [3.05, 3.63) is 83.9 Å². The van der Waals surface area contributed by atoms with Gasteiger partial charge in [-0.15, -0.1) is 0 Å². The Hall–Kier alpha value is -3.80. The molecule has 1 saturated heterocycles. The standard InChI is InChI=1S/C32H39N5O/c1-3-4-5-6-7-8-32(38)37-23-21-36(22-24-37)31-19-17-30(18-20-31)35-34-29-15-11-27(12-16-29)25-33-28-13-9-26(2)10-14-28/h9-20,25H,3-8,21-24H2,1-2H3. The molecule has 1 aliphatic rings. The van der Waals surface area contributed by atoms with Gasteiger partial charge in [-0.25, -0.2) is 0 Å². The van der Waals surface area contributed by atoms with Gasteiger partial charge >= 0.3 is 0 Å². The molecule has 198 valence electrons. The van der Waals surface area contributed by atoms with E-state index in [9.17, 15) is 4.79 Å². The van der Waals surface area contributed by atoms with Crippen LogP contribution in [0.5, 0.6) is 0 Å². The molecule has 3 aromatic rings. The zero-order valence-electron chi connectivity index (χ0n) is 22.7. The first-order valence-corrected chi connectivity index (χ1v) is 13.9. The van der Waals surface area contributed by atoms with Gasteiger partial charge < -0.3 is 9.80 Å². The fraction of sp³-hybridized carbons (Fsp3) is 0.375. The number of hydrogen-bond donors (Lipinski definition) is 0. The number of aryl methyl sites for hydroxylation is 1. The first kappa shape index (κ1) is 27.2. The summed E-state index contributed by atoms with van der Waals surface area (Å²) in [6.07, 6.45) is 8.47. The van der Waals surface area contributed by atoms with Gasteiger partial charge in [0.15, 0.2) is 0 Å². The molecule has 0 atom stereocenters. The van der Waals surface area contributed by atoms with Crippen LogP contribution in [0, 0.1) is 6.92 Å². The molecule has 1 heterocycles. The summed E-state index contributed by atoms with van der Waals surface area (Å²) < 4.78 is 0. The van der Waals surface area contributed by atoms with Gasteiger partial charge in [-0.2, -0.15) is 10.2 Å². The highest BCUT2D eigenvalue weighted by atomic mass is 16.2. The van der Waals surface area contributed by atoms with Gasteiger partial charge in [-0.3, -0.25) is 9.79 Å². The Labute approximate surface area is 227 Å². The third kappa shape index (κ3) is 8.37. The van der Waals surface area contributed by atoms with Crippen molar-refractivity contribution in [2.75, 3.05) is 31.1 Å². The Balaban J connectivity index is 1.22. The van der Waals surface area contributed by atoms with Crippen molar-refractivity contribution in [2.24, 2.45) is 15.2 Å². The molecule has 6 nitrogen and oxygen atoms in total. The van der Waals surface area contributed by atoms with Crippen LogP contribution >= 0.6 is 0 Å². The van der Waals surface area contributed by atoms with E-state index in [0.717, 1.165) is 67.3 Å². The van der Waals surface area contributed by atoms with E-state index in [1.54, 1.807) is 0 Å². The SMILES string of the molecule is CCCCCCCC(=O)N1CCN(c2ccc(N=Nc3ccc(C=Nc4ccc(C)cc4)cc3)cc2)CC1. The summed E-state index contributed by atoms with van der Waals surface area (Å²) in [6, 6.07) is 24.2. The van der Waals surface area contributed by atoms with Gasteiger partial charge in [-0.05, 0) is 67.4 Å². The van der Waals surface area contributed by atoms with E-state index in [4.69, 9.17) is 0 Å². The van der Waals surface area contributed by atoms with E-state index in [1.165, 1.54) is 24.8 Å². The molecular weight excluding hydrogens is 470 g/mol. The molecule has 0 aromatic heterocycles. The number of azo groups is 1. The predicted molar refractivity (Wildman–Crippen MR) is 158 cm³/mol. The number of benzene rings is 3. The number of hydrogen-bond acceptors (Lipinski definition) is 5. The van der Waals surface area contributed by atoms with Crippen molar-refractivity contribution in [3.63, 3.8) is 0 Å². The Kier molecular flexibility index (Phi) is 10.2. The summed E-state index contributed by atoms with van der Waals surface area (Å²) in [4.78, 5) is 21.4. The molecule has 1 amide bonds. The van der Waals surface area contributed by atoms with Crippen LogP contribution in [-0.2, 0) is 4.79 Å². The van der Waals surface area contributed by atoms with Gasteiger partial charge in [0.2, 0.25) is 5.91 Å². The molecule has 0 N–H and O–H groups in total. The zero-order valence-corrected chi connectivity index (χ0v) is 22.7. The molecule has 0 radical (unpaired) electrons. The van der Waals surface area contributed by atoms with Crippen molar-refractivity contribution < 1.29 is 4.79 Å². The summed E-state index contributed by atoms with van der Waals surface area (Å²) in [5, 5.41) is 8.78. The second-order valence-electron chi connectivity index (χ2n) is 9.93. The normalized spacial score (nSPS) is 14.1. The maximum Gasteiger partial charge on any atom is 0.222 e. The maximum atomic E-state index is 12.5. The first-order chi connectivity index (χ1) is 18.6. The summed E-state index contributed by atoms with van der Waals surface area (Å²) >= 11 is 0. The monoisotopic (exact) mass is 509 g/mol. The summed E-state index contributed by atoms with van der Waals surface area (Å²) in [7, 11) is 0. The number of unbranched alkanes of at least 4 members (excludes halogenated alkanes) is 4. The van der Waals surface area contributed by atoms with Crippen LogP contribution < -0.4 is 4.90 Å². The molecule has 6 heteroatoms. The van der Waals surface area contributed by atoms with Crippen LogP contribution in [-0.4, -0.2) is 43.2 Å². The topological polar surface area (TPSA) is 60.6 Å². The third-order valence-corrected chi connectivity index (χ3v) is 6.91. The fourth-order valence-electron chi connectivity index (χ4n) is 4.50. The number of carbonyl (C=O) groups is 1. The molecule has 1 fully saturated rings. The van der Waals surface area contributed by atoms with E-state index >= 15 is 0 Å². The van der Waals surface area contributed by atoms with Crippen molar-refractivity contribution in [3.8, 4) is 0 Å². The number of rotatable bonds is 11. The Morgan fingerprint density at radius 3 is 1.95 bits per heavy atom. The number of piperazine rings is 1.